The molecule has 1 aromatic carbocycles. The molecular weight excluding hydrogens is 322 g/mol. The van der Waals surface area contributed by atoms with E-state index in [0.717, 1.165) is 12.2 Å². The van der Waals surface area contributed by atoms with Crippen molar-refractivity contribution < 1.29 is 0 Å². The molecule has 2 fully saturated rings. The molecule has 3 heterocycles. The Morgan fingerprint density at radius 1 is 0.885 bits per heavy atom. The van der Waals surface area contributed by atoms with E-state index in [9.17, 15) is 0 Å². The summed E-state index contributed by atoms with van der Waals surface area (Å²) < 4.78 is 2.14. The van der Waals surface area contributed by atoms with Crippen molar-refractivity contribution in [2.45, 2.75) is 57.2 Å². The van der Waals surface area contributed by atoms with Crippen molar-refractivity contribution in [3.05, 3.63) is 47.3 Å². The minimum Gasteiger partial charge on any atom is -0.300 e. The first-order chi connectivity index (χ1) is 12.8. The molecule has 0 atom stereocenters. The van der Waals surface area contributed by atoms with Gasteiger partial charge in [0, 0.05) is 25.7 Å². The molecule has 5 rings (SSSR count). The van der Waals surface area contributed by atoms with Gasteiger partial charge in [0.05, 0.1) is 17.9 Å². The van der Waals surface area contributed by atoms with Crippen LogP contribution in [-0.4, -0.2) is 57.0 Å². The average Bonchev–Trinajstić information content (AvgIpc) is 3.43. The van der Waals surface area contributed by atoms with Crippen LogP contribution in [0, 0.1) is 0 Å². The maximum Gasteiger partial charge on any atom is 0.0967 e. The summed E-state index contributed by atoms with van der Waals surface area (Å²) in [4.78, 5) is 5.20. The van der Waals surface area contributed by atoms with E-state index in [4.69, 9.17) is 0 Å². The van der Waals surface area contributed by atoms with Gasteiger partial charge in [-0.3, -0.25) is 9.80 Å². The standard InChI is InChI=1S/C21H29N5/c1-2-6-18-14-21(13-17(18)5-1)25-11-7-20(8-12-25)26-16-19(22-23-26)15-24-9-3-4-10-24/h1-2,5-6,16,20-21H,3-4,7-15H2. The van der Waals surface area contributed by atoms with E-state index < -0.39 is 0 Å². The molecule has 0 radical (unpaired) electrons. The van der Waals surface area contributed by atoms with Crippen molar-refractivity contribution in [2.24, 2.45) is 0 Å². The molecule has 0 unspecified atom stereocenters. The smallest absolute Gasteiger partial charge is 0.0967 e. The fraction of sp³-hybridized carbons (Fsp3) is 0.619. The van der Waals surface area contributed by atoms with E-state index in [1.54, 1.807) is 11.1 Å². The Morgan fingerprint density at radius 2 is 1.58 bits per heavy atom. The van der Waals surface area contributed by atoms with Crippen molar-refractivity contribution in [2.75, 3.05) is 26.2 Å². The summed E-state index contributed by atoms with van der Waals surface area (Å²) in [6, 6.07) is 10.2. The van der Waals surface area contributed by atoms with Crippen LogP contribution < -0.4 is 0 Å². The Morgan fingerprint density at radius 3 is 2.27 bits per heavy atom. The Bertz CT molecular complexity index is 715. The van der Waals surface area contributed by atoms with Crippen LogP contribution in [0.3, 0.4) is 0 Å². The van der Waals surface area contributed by atoms with Crippen molar-refractivity contribution in [3.63, 3.8) is 0 Å². The number of rotatable bonds is 4. The van der Waals surface area contributed by atoms with E-state index in [2.05, 4.69) is 55.3 Å². The third-order valence-corrected chi connectivity index (χ3v) is 6.56. The molecule has 5 heteroatoms. The lowest BCUT2D eigenvalue weighted by atomic mass is 10.0. The SMILES string of the molecule is c1ccc2c(c1)CC(N1CCC(n3cc(CN4CCCC4)nn3)CC1)C2. The topological polar surface area (TPSA) is 37.2 Å². The van der Waals surface area contributed by atoms with E-state index in [1.165, 1.54) is 64.7 Å². The maximum atomic E-state index is 4.46. The minimum absolute atomic E-state index is 0.523. The summed E-state index contributed by atoms with van der Waals surface area (Å²) in [5, 5.41) is 8.89. The number of likely N-dealkylation sites (tertiary alicyclic amines) is 2. The largest absolute Gasteiger partial charge is 0.300 e. The average molecular weight is 351 g/mol. The highest BCUT2D eigenvalue weighted by molar-refractivity contribution is 5.33. The van der Waals surface area contributed by atoms with Crippen molar-refractivity contribution in [1.29, 1.82) is 0 Å². The Kier molecular flexibility index (Phi) is 4.51. The lowest BCUT2D eigenvalue weighted by Crippen LogP contribution is -2.42. The van der Waals surface area contributed by atoms with Crippen LogP contribution in [0.25, 0.3) is 0 Å². The van der Waals surface area contributed by atoms with Crippen LogP contribution in [0.2, 0.25) is 0 Å². The highest BCUT2D eigenvalue weighted by Gasteiger charge is 2.30. The van der Waals surface area contributed by atoms with Crippen LogP contribution in [0.4, 0.5) is 0 Å². The number of piperidine rings is 1. The van der Waals surface area contributed by atoms with Gasteiger partial charge in [0.15, 0.2) is 0 Å². The molecule has 2 saturated heterocycles. The van der Waals surface area contributed by atoms with Crippen molar-refractivity contribution in [1.82, 2.24) is 24.8 Å². The van der Waals surface area contributed by atoms with Gasteiger partial charge in [0.1, 0.15) is 0 Å². The Labute approximate surface area is 156 Å². The van der Waals surface area contributed by atoms with Gasteiger partial charge in [-0.05, 0) is 62.7 Å². The van der Waals surface area contributed by atoms with Crippen LogP contribution >= 0.6 is 0 Å². The second-order valence-corrected chi connectivity index (χ2v) is 8.27. The van der Waals surface area contributed by atoms with Gasteiger partial charge in [-0.25, -0.2) is 4.68 Å². The summed E-state index contributed by atoms with van der Waals surface area (Å²) in [5.41, 5.74) is 4.26. The quantitative estimate of drug-likeness (QED) is 0.849. The second-order valence-electron chi connectivity index (χ2n) is 8.27. The number of hydrogen-bond donors (Lipinski definition) is 0. The van der Waals surface area contributed by atoms with Crippen molar-refractivity contribution in [3.8, 4) is 0 Å². The van der Waals surface area contributed by atoms with E-state index in [1.807, 2.05) is 0 Å². The van der Waals surface area contributed by atoms with Gasteiger partial charge in [-0.1, -0.05) is 29.5 Å². The lowest BCUT2D eigenvalue weighted by molar-refractivity contribution is 0.133. The Hall–Kier alpha value is -1.72. The number of fused-ring (bicyclic) bond motifs is 1. The first-order valence-corrected chi connectivity index (χ1v) is 10.3. The third kappa shape index (κ3) is 3.30. The molecule has 138 valence electrons. The number of hydrogen-bond acceptors (Lipinski definition) is 4. The fourth-order valence-corrected chi connectivity index (χ4v) is 5.04. The molecule has 2 aromatic rings. The number of nitrogens with zero attached hydrogens (tertiary/aromatic N) is 5. The van der Waals surface area contributed by atoms with E-state index in [-0.39, 0.29) is 0 Å². The van der Waals surface area contributed by atoms with Crippen LogP contribution in [-0.2, 0) is 19.4 Å². The zero-order chi connectivity index (χ0) is 17.3. The predicted molar refractivity (Wildman–Crippen MR) is 102 cm³/mol. The molecule has 1 aromatic heterocycles. The molecule has 0 saturated carbocycles. The molecule has 3 aliphatic rings. The first-order valence-electron chi connectivity index (χ1n) is 10.3. The summed E-state index contributed by atoms with van der Waals surface area (Å²) in [5.74, 6) is 0. The maximum absolute atomic E-state index is 4.46. The fourth-order valence-electron chi connectivity index (χ4n) is 5.04. The van der Waals surface area contributed by atoms with E-state index in [0.29, 0.717) is 12.1 Å². The molecular formula is C21H29N5. The van der Waals surface area contributed by atoms with Crippen LogP contribution in [0.5, 0.6) is 0 Å². The summed E-state index contributed by atoms with van der Waals surface area (Å²) in [6.07, 6.45) is 9.70. The van der Waals surface area contributed by atoms with E-state index >= 15 is 0 Å². The van der Waals surface area contributed by atoms with Gasteiger partial charge in [-0.15, -0.1) is 5.10 Å². The lowest BCUT2D eigenvalue weighted by Gasteiger charge is -2.35. The molecule has 0 spiro atoms. The van der Waals surface area contributed by atoms with Gasteiger partial charge in [-0.2, -0.15) is 0 Å². The third-order valence-electron chi connectivity index (χ3n) is 6.56. The Balaban J connectivity index is 1.16. The zero-order valence-corrected chi connectivity index (χ0v) is 15.6. The highest BCUT2D eigenvalue weighted by atomic mass is 15.4. The van der Waals surface area contributed by atoms with Crippen LogP contribution in [0.1, 0.15) is 48.5 Å². The monoisotopic (exact) mass is 351 g/mol. The number of benzene rings is 1. The summed E-state index contributed by atoms with van der Waals surface area (Å²) >= 11 is 0. The first kappa shape index (κ1) is 16.5. The molecule has 26 heavy (non-hydrogen) atoms. The zero-order valence-electron chi connectivity index (χ0n) is 15.6. The highest BCUT2D eigenvalue weighted by Crippen LogP contribution is 2.30. The second kappa shape index (κ2) is 7.12. The predicted octanol–water partition coefficient (Wildman–Crippen LogP) is 2.68. The number of aromatic nitrogens is 3. The molecule has 0 bridgehead atoms. The summed E-state index contributed by atoms with van der Waals surface area (Å²) in [6.45, 7) is 5.78. The normalized spacial score (nSPS) is 22.9. The minimum atomic E-state index is 0.523. The van der Waals surface area contributed by atoms with Gasteiger partial charge in [0.2, 0.25) is 0 Å². The molecule has 1 aliphatic carbocycles. The molecule has 0 amide bonds. The van der Waals surface area contributed by atoms with Gasteiger partial charge < -0.3 is 0 Å². The van der Waals surface area contributed by atoms with Crippen LogP contribution in [0.15, 0.2) is 30.5 Å². The molecule has 0 N–H and O–H groups in total. The van der Waals surface area contributed by atoms with Crippen molar-refractivity contribution >= 4 is 0 Å². The van der Waals surface area contributed by atoms with Gasteiger partial charge >= 0.3 is 0 Å². The summed E-state index contributed by atoms with van der Waals surface area (Å²) in [7, 11) is 0. The van der Waals surface area contributed by atoms with Gasteiger partial charge in [0.25, 0.3) is 0 Å². The molecule has 5 nitrogen and oxygen atoms in total. The molecule has 2 aliphatic heterocycles.